The Morgan fingerprint density at radius 1 is 1.24 bits per heavy atom. The number of carbonyl (C=O) groups excluding carboxylic acids is 1. The highest BCUT2D eigenvalue weighted by molar-refractivity contribution is 7.80. The first kappa shape index (κ1) is 14.8. The molecule has 0 heterocycles. The van der Waals surface area contributed by atoms with Crippen molar-refractivity contribution in [1.29, 1.82) is 0 Å². The number of carbonyl (C=O) groups is 1. The maximum atomic E-state index is 12.2. The van der Waals surface area contributed by atoms with Gasteiger partial charge in [0.25, 0.3) is 5.91 Å². The molecule has 2 aromatic carbocycles. The fourth-order valence-electron chi connectivity index (χ4n) is 1.83. The Balaban J connectivity index is 2.36. The molecule has 4 N–H and O–H groups in total. The second-order valence-electron chi connectivity index (χ2n) is 4.25. The SMILES string of the molecule is COc1cccc(C(N)=S)c1NC(=O)c1ccc(O)cc1. The Hall–Kier alpha value is -2.60. The number of anilines is 1. The van der Waals surface area contributed by atoms with Crippen LogP contribution in [0.1, 0.15) is 15.9 Å². The van der Waals surface area contributed by atoms with Crippen LogP contribution in [0.15, 0.2) is 42.5 Å². The summed E-state index contributed by atoms with van der Waals surface area (Å²) in [6.45, 7) is 0. The topological polar surface area (TPSA) is 84.6 Å². The number of phenolic OH excluding ortho intramolecular Hbond substituents is 1. The van der Waals surface area contributed by atoms with Crippen molar-refractivity contribution in [2.45, 2.75) is 0 Å². The Kier molecular flexibility index (Phi) is 4.39. The molecule has 5 nitrogen and oxygen atoms in total. The number of para-hydroxylation sites is 1. The minimum absolute atomic E-state index is 0.0904. The van der Waals surface area contributed by atoms with E-state index in [1.165, 1.54) is 31.4 Å². The summed E-state index contributed by atoms with van der Waals surface area (Å²) in [7, 11) is 1.49. The van der Waals surface area contributed by atoms with E-state index in [4.69, 9.17) is 22.7 Å². The van der Waals surface area contributed by atoms with Gasteiger partial charge in [0, 0.05) is 11.1 Å². The first-order valence-corrected chi connectivity index (χ1v) is 6.51. The molecule has 2 rings (SSSR count). The number of nitrogens with one attached hydrogen (secondary N) is 1. The summed E-state index contributed by atoms with van der Waals surface area (Å²) in [6, 6.07) is 11.0. The van der Waals surface area contributed by atoms with E-state index in [0.29, 0.717) is 22.6 Å². The lowest BCUT2D eigenvalue weighted by molar-refractivity contribution is 0.102. The summed E-state index contributed by atoms with van der Waals surface area (Å²) in [4.78, 5) is 12.4. The molecule has 0 aliphatic heterocycles. The number of ether oxygens (including phenoxy) is 1. The Morgan fingerprint density at radius 2 is 1.90 bits per heavy atom. The molecule has 2 aromatic rings. The lowest BCUT2D eigenvalue weighted by Crippen LogP contribution is -2.18. The Bertz CT molecular complexity index is 684. The Labute approximate surface area is 127 Å². The minimum Gasteiger partial charge on any atom is -0.508 e. The largest absolute Gasteiger partial charge is 0.508 e. The molecule has 0 aromatic heterocycles. The number of aromatic hydroxyl groups is 1. The van der Waals surface area contributed by atoms with Crippen LogP contribution in [0.5, 0.6) is 11.5 Å². The van der Waals surface area contributed by atoms with Crippen LogP contribution in [0.25, 0.3) is 0 Å². The number of benzene rings is 2. The number of nitrogens with two attached hydrogens (primary N) is 1. The highest BCUT2D eigenvalue weighted by Crippen LogP contribution is 2.29. The number of amides is 1. The molecule has 0 unspecified atom stereocenters. The second-order valence-corrected chi connectivity index (χ2v) is 4.69. The fourth-order valence-corrected chi connectivity index (χ4v) is 2.00. The molecule has 108 valence electrons. The molecule has 0 fully saturated rings. The van der Waals surface area contributed by atoms with Crippen LogP contribution in [-0.2, 0) is 0 Å². The number of rotatable bonds is 4. The quantitative estimate of drug-likeness (QED) is 0.755. The van der Waals surface area contributed by atoms with Crippen molar-refractivity contribution in [3.05, 3.63) is 53.6 Å². The Morgan fingerprint density at radius 3 is 2.48 bits per heavy atom. The average molecular weight is 302 g/mol. The first-order valence-electron chi connectivity index (χ1n) is 6.10. The van der Waals surface area contributed by atoms with Gasteiger partial charge in [-0.05, 0) is 36.4 Å². The van der Waals surface area contributed by atoms with E-state index in [-0.39, 0.29) is 16.6 Å². The van der Waals surface area contributed by atoms with Crippen molar-refractivity contribution in [3.63, 3.8) is 0 Å². The van der Waals surface area contributed by atoms with E-state index in [1.807, 2.05) is 0 Å². The van der Waals surface area contributed by atoms with E-state index in [9.17, 15) is 9.90 Å². The smallest absolute Gasteiger partial charge is 0.255 e. The molecule has 1 amide bonds. The minimum atomic E-state index is -0.350. The van der Waals surface area contributed by atoms with Crippen molar-refractivity contribution >= 4 is 28.8 Å². The van der Waals surface area contributed by atoms with Crippen LogP contribution in [0, 0.1) is 0 Å². The van der Waals surface area contributed by atoms with Crippen molar-refractivity contribution < 1.29 is 14.6 Å². The van der Waals surface area contributed by atoms with Gasteiger partial charge in [0.15, 0.2) is 0 Å². The fraction of sp³-hybridized carbons (Fsp3) is 0.0667. The van der Waals surface area contributed by atoms with Gasteiger partial charge >= 0.3 is 0 Å². The van der Waals surface area contributed by atoms with Crippen LogP contribution in [0.2, 0.25) is 0 Å². The van der Waals surface area contributed by atoms with Crippen molar-refractivity contribution in [2.75, 3.05) is 12.4 Å². The van der Waals surface area contributed by atoms with Crippen LogP contribution < -0.4 is 15.8 Å². The molecule has 0 radical (unpaired) electrons. The lowest BCUT2D eigenvalue weighted by atomic mass is 10.1. The van der Waals surface area contributed by atoms with E-state index >= 15 is 0 Å². The zero-order chi connectivity index (χ0) is 15.4. The summed E-state index contributed by atoms with van der Waals surface area (Å²) in [5, 5.41) is 12.0. The van der Waals surface area contributed by atoms with Gasteiger partial charge in [-0.2, -0.15) is 0 Å². The van der Waals surface area contributed by atoms with E-state index in [2.05, 4.69) is 5.32 Å². The number of hydrogen-bond donors (Lipinski definition) is 3. The third-order valence-corrected chi connectivity index (χ3v) is 3.10. The normalized spacial score (nSPS) is 9.95. The van der Waals surface area contributed by atoms with Crippen LogP contribution in [0.4, 0.5) is 5.69 Å². The molecule has 0 saturated heterocycles. The lowest BCUT2D eigenvalue weighted by Gasteiger charge is -2.14. The maximum absolute atomic E-state index is 12.2. The summed E-state index contributed by atoms with van der Waals surface area (Å²) in [5.74, 6) is 0.206. The van der Waals surface area contributed by atoms with Gasteiger partial charge in [0.1, 0.15) is 16.5 Å². The summed E-state index contributed by atoms with van der Waals surface area (Å²) >= 11 is 4.98. The van der Waals surface area contributed by atoms with Gasteiger partial charge in [-0.25, -0.2) is 0 Å². The zero-order valence-electron chi connectivity index (χ0n) is 11.3. The average Bonchev–Trinajstić information content (AvgIpc) is 2.47. The van der Waals surface area contributed by atoms with E-state index in [0.717, 1.165) is 0 Å². The molecule has 0 aliphatic carbocycles. The molecular weight excluding hydrogens is 288 g/mol. The maximum Gasteiger partial charge on any atom is 0.255 e. The predicted molar refractivity (Wildman–Crippen MR) is 84.9 cm³/mol. The van der Waals surface area contributed by atoms with Crippen molar-refractivity contribution in [2.24, 2.45) is 5.73 Å². The van der Waals surface area contributed by atoms with Gasteiger partial charge in [0.2, 0.25) is 0 Å². The molecule has 0 spiro atoms. The second kappa shape index (κ2) is 6.23. The van der Waals surface area contributed by atoms with Gasteiger partial charge in [-0.15, -0.1) is 0 Å². The highest BCUT2D eigenvalue weighted by Gasteiger charge is 2.15. The van der Waals surface area contributed by atoms with Gasteiger partial charge in [-0.3, -0.25) is 4.79 Å². The van der Waals surface area contributed by atoms with Crippen molar-refractivity contribution in [1.82, 2.24) is 0 Å². The number of hydrogen-bond acceptors (Lipinski definition) is 4. The van der Waals surface area contributed by atoms with Crippen LogP contribution in [0.3, 0.4) is 0 Å². The third kappa shape index (κ3) is 3.29. The molecule has 21 heavy (non-hydrogen) atoms. The highest BCUT2D eigenvalue weighted by atomic mass is 32.1. The number of thiocarbonyl (C=S) groups is 1. The van der Waals surface area contributed by atoms with Crippen molar-refractivity contribution in [3.8, 4) is 11.5 Å². The number of phenols is 1. The van der Waals surface area contributed by atoms with Crippen LogP contribution >= 0.6 is 12.2 Å². The predicted octanol–water partition coefficient (Wildman–Crippen LogP) is 2.29. The molecular formula is C15H14N2O3S. The van der Waals surface area contributed by atoms with E-state index < -0.39 is 0 Å². The summed E-state index contributed by atoms with van der Waals surface area (Å²) in [6.07, 6.45) is 0. The third-order valence-electron chi connectivity index (χ3n) is 2.88. The summed E-state index contributed by atoms with van der Waals surface area (Å²) < 4.78 is 5.22. The standard InChI is InChI=1S/C15H14N2O3S/c1-20-12-4-2-3-11(14(16)21)13(12)17-15(19)9-5-7-10(18)8-6-9/h2-8,18H,1H3,(H2,16,21)(H,17,19). The molecule has 0 aliphatic rings. The first-order chi connectivity index (χ1) is 10.0. The van der Waals surface area contributed by atoms with Gasteiger partial charge < -0.3 is 20.9 Å². The van der Waals surface area contributed by atoms with E-state index in [1.54, 1.807) is 18.2 Å². The molecule has 0 bridgehead atoms. The van der Waals surface area contributed by atoms with Crippen LogP contribution in [-0.4, -0.2) is 23.1 Å². The summed E-state index contributed by atoms with van der Waals surface area (Å²) in [5.41, 5.74) is 7.01. The molecule has 0 atom stereocenters. The zero-order valence-corrected chi connectivity index (χ0v) is 12.1. The number of methoxy groups -OCH3 is 1. The van der Waals surface area contributed by atoms with Gasteiger partial charge in [-0.1, -0.05) is 18.3 Å². The monoisotopic (exact) mass is 302 g/mol. The molecule has 0 saturated carbocycles. The molecule has 6 heteroatoms. The van der Waals surface area contributed by atoms with Gasteiger partial charge in [0.05, 0.1) is 12.8 Å².